The average Bonchev–Trinajstić information content (AvgIpc) is 2.51. The number of aliphatic hydroxyl groups excluding tert-OH is 1. The molecule has 0 aliphatic heterocycles. The molecule has 1 aliphatic carbocycles. The maximum atomic E-state index is 11.8. The molecule has 1 aromatic carbocycles. The van der Waals surface area contributed by atoms with Crippen molar-refractivity contribution in [1.82, 2.24) is 5.32 Å². The van der Waals surface area contributed by atoms with Crippen molar-refractivity contribution in [2.45, 2.75) is 31.8 Å². The van der Waals surface area contributed by atoms with Crippen LogP contribution in [0.25, 0.3) is 0 Å². The minimum Gasteiger partial charge on any atom is -0.393 e. The fourth-order valence-electron chi connectivity index (χ4n) is 2.73. The summed E-state index contributed by atoms with van der Waals surface area (Å²) >= 11 is 0. The summed E-state index contributed by atoms with van der Waals surface area (Å²) in [6.07, 6.45) is 3.29. The largest absolute Gasteiger partial charge is 0.393 e. The summed E-state index contributed by atoms with van der Waals surface area (Å²) in [7, 11) is 0. The molecule has 2 rings (SSSR count). The van der Waals surface area contributed by atoms with Crippen LogP contribution in [0.3, 0.4) is 0 Å². The standard InChI is InChI=1S/C15H21N3O4/c19-12-5-3-4-11(8-12)9-17-15(20)10-16-13-6-1-2-7-14(13)18(21)22/h1-2,6-7,11-12,16,19H,3-5,8-10H2,(H,17,20). The van der Waals surface area contributed by atoms with Gasteiger partial charge in [-0.15, -0.1) is 0 Å². The molecule has 7 nitrogen and oxygen atoms in total. The first kappa shape index (κ1) is 16.2. The lowest BCUT2D eigenvalue weighted by atomic mass is 9.87. The van der Waals surface area contributed by atoms with E-state index in [0.717, 1.165) is 25.7 Å². The number of nitro groups is 1. The van der Waals surface area contributed by atoms with E-state index >= 15 is 0 Å². The van der Waals surface area contributed by atoms with E-state index in [1.54, 1.807) is 18.2 Å². The van der Waals surface area contributed by atoms with Gasteiger partial charge in [-0.05, 0) is 31.2 Å². The molecule has 120 valence electrons. The second-order valence-corrected chi connectivity index (χ2v) is 5.62. The maximum Gasteiger partial charge on any atom is 0.292 e. The van der Waals surface area contributed by atoms with Crippen LogP contribution in [-0.4, -0.2) is 35.1 Å². The SMILES string of the molecule is O=C(CNc1ccccc1[N+](=O)[O-])NCC1CCCC(O)C1. The second-order valence-electron chi connectivity index (χ2n) is 5.62. The predicted octanol–water partition coefficient (Wildman–Crippen LogP) is 1.67. The summed E-state index contributed by atoms with van der Waals surface area (Å²) in [4.78, 5) is 22.2. The Balaban J connectivity index is 1.77. The number of benzene rings is 1. The number of nitrogens with one attached hydrogen (secondary N) is 2. The van der Waals surface area contributed by atoms with E-state index in [0.29, 0.717) is 18.2 Å². The molecule has 7 heteroatoms. The third kappa shape index (κ3) is 4.70. The van der Waals surface area contributed by atoms with Crippen molar-refractivity contribution in [1.29, 1.82) is 0 Å². The third-order valence-corrected chi connectivity index (χ3v) is 3.88. The van der Waals surface area contributed by atoms with Crippen molar-refractivity contribution >= 4 is 17.3 Å². The number of amides is 1. The fourth-order valence-corrected chi connectivity index (χ4v) is 2.73. The summed E-state index contributed by atoms with van der Waals surface area (Å²) < 4.78 is 0. The predicted molar refractivity (Wildman–Crippen MR) is 82.6 cm³/mol. The number of aliphatic hydroxyl groups is 1. The van der Waals surface area contributed by atoms with Crippen molar-refractivity contribution in [2.75, 3.05) is 18.4 Å². The van der Waals surface area contributed by atoms with E-state index in [9.17, 15) is 20.0 Å². The Kier molecular flexibility index (Phi) is 5.71. The highest BCUT2D eigenvalue weighted by molar-refractivity contribution is 5.81. The van der Waals surface area contributed by atoms with Crippen molar-refractivity contribution in [3.05, 3.63) is 34.4 Å². The molecule has 1 fully saturated rings. The Morgan fingerprint density at radius 2 is 2.14 bits per heavy atom. The van der Waals surface area contributed by atoms with Gasteiger partial charge in [-0.25, -0.2) is 0 Å². The number of carbonyl (C=O) groups excluding carboxylic acids is 1. The van der Waals surface area contributed by atoms with Gasteiger partial charge in [-0.2, -0.15) is 0 Å². The molecule has 22 heavy (non-hydrogen) atoms. The number of nitrogens with zero attached hydrogens (tertiary/aromatic N) is 1. The number of anilines is 1. The molecule has 0 spiro atoms. The molecule has 0 saturated heterocycles. The Morgan fingerprint density at radius 3 is 2.86 bits per heavy atom. The van der Waals surface area contributed by atoms with Gasteiger partial charge in [0.2, 0.25) is 5.91 Å². The topological polar surface area (TPSA) is 104 Å². The number of hydrogen-bond acceptors (Lipinski definition) is 5. The summed E-state index contributed by atoms with van der Waals surface area (Å²) in [5.74, 6) is 0.0944. The molecule has 2 unspecified atom stereocenters. The van der Waals surface area contributed by atoms with Gasteiger partial charge in [0.15, 0.2) is 0 Å². The Bertz CT molecular complexity index is 535. The van der Waals surface area contributed by atoms with Crippen LogP contribution in [-0.2, 0) is 4.79 Å². The zero-order valence-electron chi connectivity index (χ0n) is 12.3. The van der Waals surface area contributed by atoms with Crippen molar-refractivity contribution in [3.8, 4) is 0 Å². The van der Waals surface area contributed by atoms with Gasteiger partial charge in [0.25, 0.3) is 5.69 Å². The molecule has 1 amide bonds. The van der Waals surface area contributed by atoms with Crippen molar-refractivity contribution in [3.63, 3.8) is 0 Å². The van der Waals surface area contributed by atoms with E-state index in [4.69, 9.17) is 0 Å². The van der Waals surface area contributed by atoms with Crippen LogP contribution in [0.5, 0.6) is 0 Å². The van der Waals surface area contributed by atoms with Crippen LogP contribution in [0.1, 0.15) is 25.7 Å². The van der Waals surface area contributed by atoms with Crippen LogP contribution < -0.4 is 10.6 Å². The van der Waals surface area contributed by atoms with E-state index in [1.807, 2.05) is 0 Å². The highest BCUT2D eigenvalue weighted by Gasteiger charge is 2.20. The smallest absolute Gasteiger partial charge is 0.292 e. The minimum atomic E-state index is -0.482. The van der Waals surface area contributed by atoms with Gasteiger partial charge < -0.3 is 15.7 Å². The Morgan fingerprint density at radius 1 is 1.36 bits per heavy atom. The number of rotatable bonds is 6. The molecule has 3 N–H and O–H groups in total. The van der Waals surface area contributed by atoms with Crippen molar-refractivity contribution in [2.24, 2.45) is 5.92 Å². The molecule has 0 heterocycles. The number of hydrogen-bond donors (Lipinski definition) is 3. The van der Waals surface area contributed by atoms with E-state index in [-0.39, 0.29) is 24.2 Å². The third-order valence-electron chi connectivity index (χ3n) is 3.88. The van der Waals surface area contributed by atoms with E-state index < -0.39 is 4.92 Å². The summed E-state index contributed by atoms with van der Waals surface area (Å²) in [6.45, 7) is 0.522. The summed E-state index contributed by atoms with van der Waals surface area (Å²) in [5, 5.41) is 26.1. The first-order chi connectivity index (χ1) is 10.6. The van der Waals surface area contributed by atoms with E-state index in [1.165, 1.54) is 6.07 Å². The van der Waals surface area contributed by atoms with Crippen LogP contribution in [0.15, 0.2) is 24.3 Å². The molecule has 0 bridgehead atoms. The number of para-hydroxylation sites is 2. The molecular formula is C15H21N3O4. The van der Waals surface area contributed by atoms with E-state index in [2.05, 4.69) is 10.6 Å². The first-order valence-corrected chi connectivity index (χ1v) is 7.48. The van der Waals surface area contributed by atoms with Crippen LogP contribution in [0, 0.1) is 16.0 Å². The van der Waals surface area contributed by atoms with Crippen LogP contribution in [0.2, 0.25) is 0 Å². The molecule has 1 aromatic rings. The highest BCUT2D eigenvalue weighted by Crippen LogP contribution is 2.24. The molecule has 1 saturated carbocycles. The highest BCUT2D eigenvalue weighted by atomic mass is 16.6. The average molecular weight is 307 g/mol. The summed E-state index contributed by atoms with van der Waals surface area (Å²) in [5.41, 5.74) is 0.279. The number of nitro benzene ring substituents is 1. The zero-order valence-corrected chi connectivity index (χ0v) is 12.3. The monoisotopic (exact) mass is 307 g/mol. The summed E-state index contributed by atoms with van der Waals surface area (Å²) in [6, 6.07) is 6.22. The molecule has 0 aromatic heterocycles. The van der Waals surface area contributed by atoms with Crippen LogP contribution in [0.4, 0.5) is 11.4 Å². The maximum absolute atomic E-state index is 11.8. The number of carbonyl (C=O) groups is 1. The molecule has 1 aliphatic rings. The van der Waals surface area contributed by atoms with Gasteiger partial charge in [0.05, 0.1) is 17.6 Å². The minimum absolute atomic E-state index is 0.0138. The van der Waals surface area contributed by atoms with Gasteiger partial charge in [-0.1, -0.05) is 18.6 Å². The Labute approximate surface area is 128 Å². The Hall–Kier alpha value is -2.15. The van der Waals surface area contributed by atoms with Gasteiger partial charge >= 0.3 is 0 Å². The quantitative estimate of drug-likeness (QED) is 0.548. The van der Waals surface area contributed by atoms with Gasteiger partial charge in [0, 0.05) is 12.6 Å². The molecule has 2 atom stereocenters. The lowest BCUT2D eigenvalue weighted by molar-refractivity contribution is -0.383. The first-order valence-electron chi connectivity index (χ1n) is 7.48. The lowest BCUT2D eigenvalue weighted by Crippen LogP contribution is -2.36. The van der Waals surface area contributed by atoms with Crippen molar-refractivity contribution < 1.29 is 14.8 Å². The molecule has 0 radical (unpaired) electrons. The van der Waals surface area contributed by atoms with Crippen LogP contribution >= 0.6 is 0 Å². The normalized spacial score (nSPS) is 21.1. The lowest BCUT2D eigenvalue weighted by Gasteiger charge is -2.25. The zero-order chi connectivity index (χ0) is 15.9. The van der Waals surface area contributed by atoms with Gasteiger partial charge in [0.1, 0.15) is 5.69 Å². The fraction of sp³-hybridized carbons (Fsp3) is 0.533. The van der Waals surface area contributed by atoms with Gasteiger partial charge in [-0.3, -0.25) is 14.9 Å². The molecular weight excluding hydrogens is 286 g/mol. The second kappa shape index (κ2) is 7.74.